The maximum absolute atomic E-state index is 12.4. The summed E-state index contributed by atoms with van der Waals surface area (Å²) < 4.78 is 24.3. The molecule has 1 aliphatic heterocycles. The Morgan fingerprint density at radius 1 is 1.24 bits per heavy atom. The molecule has 2 atom stereocenters. The molecular formula is C18H17Cl3N4O3S. The number of carbonyl (C=O) groups is 1. The van der Waals surface area contributed by atoms with E-state index in [0.29, 0.717) is 15.6 Å². The minimum absolute atomic E-state index is 0.0345. The van der Waals surface area contributed by atoms with Gasteiger partial charge in [0.1, 0.15) is 4.90 Å². The Labute approximate surface area is 183 Å². The molecule has 2 aromatic rings. The molecule has 2 aromatic carbocycles. The number of anilines is 2. The fourth-order valence-corrected chi connectivity index (χ4v) is 4.13. The van der Waals surface area contributed by atoms with Crippen LogP contribution in [0.2, 0.25) is 10.0 Å². The molecule has 1 heterocycles. The molecule has 0 spiro atoms. The first kappa shape index (κ1) is 21.9. The molecule has 0 fully saturated rings. The zero-order chi connectivity index (χ0) is 21.3. The highest BCUT2D eigenvalue weighted by atomic mass is 35.5. The normalized spacial score (nSPS) is 18.9. The lowest BCUT2D eigenvalue weighted by atomic mass is 10.1. The predicted octanol–water partition coefficient (Wildman–Crippen LogP) is 3.62. The second-order valence-electron chi connectivity index (χ2n) is 6.48. The van der Waals surface area contributed by atoms with E-state index < -0.39 is 15.9 Å². The van der Waals surface area contributed by atoms with Crippen LogP contribution >= 0.6 is 34.8 Å². The monoisotopic (exact) mass is 474 g/mol. The van der Waals surface area contributed by atoms with E-state index in [9.17, 15) is 13.2 Å². The Balaban J connectivity index is 1.86. The summed E-state index contributed by atoms with van der Waals surface area (Å²) in [7, 11) is -4.09. The molecule has 3 rings (SSSR count). The number of nitrogens with one attached hydrogen (secondary N) is 1. The second kappa shape index (κ2) is 8.49. The largest absolute Gasteiger partial charge is 0.326 e. The molecule has 1 amide bonds. The number of hydrogen-bond acceptors (Lipinski definition) is 5. The first-order valence-corrected chi connectivity index (χ1v) is 11.2. The van der Waals surface area contributed by atoms with Crippen LogP contribution in [0, 0.1) is 0 Å². The van der Waals surface area contributed by atoms with Crippen molar-refractivity contribution in [2.24, 2.45) is 10.2 Å². The van der Waals surface area contributed by atoms with Crippen molar-refractivity contribution in [3.8, 4) is 0 Å². The van der Waals surface area contributed by atoms with Crippen molar-refractivity contribution in [1.29, 1.82) is 0 Å². The number of benzene rings is 2. The van der Waals surface area contributed by atoms with E-state index in [1.807, 2.05) is 6.92 Å². The third kappa shape index (κ3) is 5.02. The molecule has 0 radical (unpaired) electrons. The van der Waals surface area contributed by atoms with Gasteiger partial charge in [0.25, 0.3) is 0 Å². The Morgan fingerprint density at radius 3 is 2.59 bits per heavy atom. The van der Waals surface area contributed by atoms with Crippen LogP contribution in [0.4, 0.5) is 11.4 Å². The molecule has 0 bridgehead atoms. The highest BCUT2D eigenvalue weighted by Crippen LogP contribution is 2.32. The molecule has 1 aliphatic rings. The van der Waals surface area contributed by atoms with Gasteiger partial charge in [0.05, 0.1) is 23.5 Å². The van der Waals surface area contributed by atoms with Crippen molar-refractivity contribution in [3.05, 3.63) is 52.0 Å². The van der Waals surface area contributed by atoms with Gasteiger partial charge in [0.2, 0.25) is 15.9 Å². The van der Waals surface area contributed by atoms with Gasteiger partial charge in [-0.2, -0.15) is 5.10 Å². The van der Waals surface area contributed by atoms with Crippen LogP contribution in [0.5, 0.6) is 0 Å². The zero-order valence-corrected chi connectivity index (χ0v) is 18.2. The summed E-state index contributed by atoms with van der Waals surface area (Å²) in [6.07, 6.45) is 1.48. The lowest BCUT2D eigenvalue weighted by molar-refractivity contribution is -0.115. The van der Waals surface area contributed by atoms with Gasteiger partial charge in [-0.3, -0.25) is 9.80 Å². The summed E-state index contributed by atoms with van der Waals surface area (Å²) in [5.41, 5.74) is 1.09. The topological polar surface area (TPSA) is 105 Å². The summed E-state index contributed by atoms with van der Waals surface area (Å²) >= 11 is 18.1. The number of hydrazone groups is 1. The molecule has 29 heavy (non-hydrogen) atoms. The highest BCUT2D eigenvalue weighted by Gasteiger charge is 2.30. The molecule has 0 saturated heterocycles. The van der Waals surface area contributed by atoms with Gasteiger partial charge in [-0.05, 0) is 48.9 Å². The fraction of sp³-hybridized carbons (Fsp3) is 0.222. The van der Waals surface area contributed by atoms with Gasteiger partial charge in [-0.1, -0.05) is 23.2 Å². The fourth-order valence-electron chi connectivity index (χ4n) is 2.85. The smallest absolute Gasteiger partial charge is 0.240 e. The summed E-state index contributed by atoms with van der Waals surface area (Å²) in [4.78, 5) is 12.2. The first-order valence-electron chi connectivity index (χ1n) is 8.44. The first-order chi connectivity index (χ1) is 13.6. The average Bonchev–Trinajstić information content (AvgIpc) is 2.96. The van der Waals surface area contributed by atoms with Crippen molar-refractivity contribution in [2.45, 2.75) is 29.7 Å². The van der Waals surface area contributed by atoms with Crippen LogP contribution in [0.1, 0.15) is 12.5 Å². The van der Waals surface area contributed by atoms with E-state index in [0.717, 1.165) is 0 Å². The molecule has 7 nitrogen and oxygen atoms in total. The summed E-state index contributed by atoms with van der Waals surface area (Å²) in [6.45, 7) is 1.81. The van der Waals surface area contributed by atoms with Crippen LogP contribution in [-0.4, -0.2) is 32.0 Å². The summed E-state index contributed by atoms with van der Waals surface area (Å²) in [5, 5.41) is 14.1. The number of halogens is 3. The Kier molecular flexibility index (Phi) is 6.40. The third-order valence-corrected chi connectivity index (χ3v) is 6.36. The number of sulfonamides is 1. The minimum Gasteiger partial charge on any atom is -0.326 e. The Hall–Kier alpha value is -1.84. The predicted molar refractivity (Wildman–Crippen MR) is 117 cm³/mol. The maximum Gasteiger partial charge on any atom is 0.240 e. The van der Waals surface area contributed by atoms with E-state index in [-0.39, 0.29) is 34.1 Å². The summed E-state index contributed by atoms with van der Waals surface area (Å²) in [6, 6.07) is 8.92. The maximum atomic E-state index is 12.4. The molecule has 0 aromatic heterocycles. The van der Waals surface area contributed by atoms with Gasteiger partial charge in [-0.15, -0.1) is 11.6 Å². The zero-order valence-electron chi connectivity index (χ0n) is 15.1. The molecular weight excluding hydrogens is 459 g/mol. The number of rotatable bonds is 5. The van der Waals surface area contributed by atoms with Crippen LogP contribution in [-0.2, 0) is 21.2 Å². The van der Waals surface area contributed by atoms with E-state index in [1.54, 1.807) is 24.3 Å². The lowest BCUT2D eigenvalue weighted by Crippen LogP contribution is -2.31. The van der Waals surface area contributed by atoms with Gasteiger partial charge in [0.15, 0.2) is 0 Å². The van der Waals surface area contributed by atoms with E-state index in [2.05, 4.69) is 10.4 Å². The van der Waals surface area contributed by atoms with Crippen LogP contribution in [0.15, 0.2) is 46.4 Å². The standard InChI is InChI=1S/C18H17Cl3N4O3S/c1-10-15(21)9-23-25(10)16-5-3-13(8-17(16)29(22,27)28)24-18(26)7-11-6-12(19)2-4-14(11)20/h2-6,8-10,15H,7H2,1H3,(H,24,26)(H2,22,27,28). The quantitative estimate of drug-likeness (QED) is 0.644. The molecule has 11 heteroatoms. The number of amides is 1. The second-order valence-corrected chi connectivity index (χ2v) is 9.36. The third-order valence-electron chi connectivity index (χ3n) is 4.34. The van der Waals surface area contributed by atoms with Crippen LogP contribution in [0.3, 0.4) is 0 Å². The summed E-state index contributed by atoms with van der Waals surface area (Å²) in [5.74, 6) is -0.393. The molecule has 0 saturated carbocycles. The Morgan fingerprint density at radius 2 is 1.97 bits per heavy atom. The highest BCUT2D eigenvalue weighted by molar-refractivity contribution is 7.89. The number of alkyl halides is 1. The van der Waals surface area contributed by atoms with Crippen molar-refractivity contribution in [1.82, 2.24) is 0 Å². The van der Waals surface area contributed by atoms with Crippen molar-refractivity contribution < 1.29 is 13.2 Å². The van der Waals surface area contributed by atoms with Gasteiger partial charge < -0.3 is 5.32 Å². The van der Waals surface area contributed by atoms with Crippen LogP contribution < -0.4 is 15.5 Å². The van der Waals surface area contributed by atoms with E-state index >= 15 is 0 Å². The van der Waals surface area contributed by atoms with Crippen molar-refractivity contribution in [2.75, 3.05) is 10.3 Å². The number of nitrogens with zero attached hydrogens (tertiary/aromatic N) is 2. The van der Waals surface area contributed by atoms with E-state index in [4.69, 9.17) is 39.9 Å². The minimum atomic E-state index is -4.09. The molecule has 154 valence electrons. The Bertz CT molecular complexity index is 1090. The van der Waals surface area contributed by atoms with Crippen molar-refractivity contribution in [3.63, 3.8) is 0 Å². The SMILES string of the molecule is CC1C(Cl)C=NN1c1ccc(NC(=O)Cc2cc(Cl)ccc2Cl)cc1S(N)(=O)=O. The lowest BCUT2D eigenvalue weighted by Gasteiger charge is -2.24. The molecule has 0 aliphatic carbocycles. The molecule has 2 unspecified atom stereocenters. The van der Waals surface area contributed by atoms with Crippen LogP contribution in [0.25, 0.3) is 0 Å². The number of primary sulfonamides is 1. The van der Waals surface area contributed by atoms with Gasteiger partial charge >= 0.3 is 0 Å². The van der Waals surface area contributed by atoms with E-state index in [1.165, 1.54) is 23.4 Å². The average molecular weight is 476 g/mol. The van der Waals surface area contributed by atoms with Crippen molar-refractivity contribution >= 4 is 68.3 Å². The van der Waals surface area contributed by atoms with Gasteiger partial charge in [0, 0.05) is 21.9 Å². The van der Waals surface area contributed by atoms with Gasteiger partial charge in [-0.25, -0.2) is 13.6 Å². The molecule has 3 N–H and O–H groups in total. The number of hydrogen-bond donors (Lipinski definition) is 2. The number of carbonyl (C=O) groups excluding carboxylic acids is 1. The number of nitrogens with two attached hydrogens (primary N) is 1.